The van der Waals surface area contributed by atoms with E-state index in [1.54, 1.807) is 50.6 Å². The van der Waals surface area contributed by atoms with E-state index in [0.717, 1.165) is 12.8 Å². The second-order valence-electron chi connectivity index (χ2n) is 6.57. The van der Waals surface area contributed by atoms with Crippen LogP contribution < -0.4 is 14.8 Å². The highest BCUT2D eigenvalue weighted by Gasteiger charge is 2.26. The van der Waals surface area contributed by atoms with Crippen LogP contribution in [0.1, 0.15) is 18.4 Å². The molecule has 0 spiro atoms. The highest BCUT2D eigenvalue weighted by Crippen LogP contribution is 2.25. The molecule has 0 aliphatic carbocycles. The number of ether oxygens (including phenoxy) is 2. The van der Waals surface area contributed by atoms with Gasteiger partial charge in [0.05, 0.1) is 19.1 Å². The molecule has 0 bridgehead atoms. The van der Waals surface area contributed by atoms with Gasteiger partial charge in [-0.3, -0.25) is 4.79 Å². The smallest absolute Gasteiger partial charge is 0.248 e. The topological polar surface area (TPSA) is 84.9 Å². The third-order valence-corrected chi connectivity index (χ3v) is 6.59. The average Bonchev–Trinajstić information content (AvgIpc) is 3.28. The van der Waals surface area contributed by atoms with Gasteiger partial charge in [0.15, 0.2) is 0 Å². The Kier molecular flexibility index (Phi) is 6.56. The number of carbonyl (C=O) groups excluding carboxylic acids is 1. The van der Waals surface area contributed by atoms with Crippen LogP contribution in [0, 0.1) is 0 Å². The van der Waals surface area contributed by atoms with Crippen molar-refractivity contribution in [3.8, 4) is 11.5 Å². The first-order chi connectivity index (χ1) is 13.9. The number of anilines is 1. The van der Waals surface area contributed by atoms with E-state index in [9.17, 15) is 13.2 Å². The Morgan fingerprint density at radius 2 is 1.72 bits per heavy atom. The van der Waals surface area contributed by atoms with E-state index in [1.807, 2.05) is 0 Å². The molecule has 1 saturated heterocycles. The maximum atomic E-state index is 12.5. The fraction of sp³-hybridized carbons (Fsp3) is 0.286. The maximum Gasteiger partial charge on any atom is 0.248 e. The third-order valence-electron chi connectivity index (χ3n) is 4.68. The molecule has 0 atom stereocenters. The fourth-order valence-corrected chi connectivity index (χ4v) is 4.62. The quantitative estimate of drug-likeness (QED) is 0.701. The zero-order chi connectivity index (χ0) is 20.9. The summed E-state index contributed by atoms with van der Waals surface area (Å²) >= 11 is 0. The summed E-state index contributed by atoms with van der Waals surface area (Å²) in [6.07, 6.45) is 4.78. The highest BCUT2D eigenvalue weighted by atomic mass is 32.2. The zero-order valence-corrected chi connectivity index (χ0v) is 17.2. The first-order valence-corrected chi connectivity index (χ1v) is 10.7. The molecular formula is C21H24N2O5S. The number of hydrogen-bond donors (Lipinski definition) is 1. The molecule has 1 N–H and O–H groups in total. The number of carbonyl (C=O) groups is 1. The van der Waals surface area contributed by atoms with Crippen LogP contribution in [-0.4, -0.2) is 45.9 Å². The van der Waals surface area contributed by atoms with Crippen LogP contribution in [-0.2, 0) is 14.8 Å². The van der Waals surface area contributed by atoms with Gasteiger partial charge >= 0.3 is 0 Å². The minimum atomic E-state index is -3.46. The molecule has 2 aromatic rings. The van der Waals surface area contributed by atoms with Crippen LogP contribution in [0.15, 0.2) is 53.4 Å². The molecule has 1 amide bonds. The van der Waals surface area contributed by atoms with E-state index >= 15 is 0 Å². The Hall–Kier alpha value is -2.84. The fourth-order valence-electron chi connectivity index (χ4n) is 3.11. The number of amides is 1. The SMILES string of the molecule is COc1ccc(OC)c(/C=C/C(=O)Nc2ccc(S(=O)(=O)N3CCCC3)cc2)c1. The van der Waals surface area contributed by atoms with Crippen molar-refractivity contribution in [2.24, 2.45) is 0 Å². The molecule has 2 aromatic carbocycles. The number of benzene rings is 2. The molecule has 0 saturated carbocycles. The van der Waals surface area contributed by atoms with Gasteiger partial charge in [0, 0.05) is 30.4 Å². The summed E-state index contributed by atoms with van der Waals surface area (Å²) in [6.45, 7) is 1.11. The van der Waals surface area contributed by atoms with Crippen molar-refractivity contribution in [2.45, 2.75) is 17.7 Å². The van der Waals surface area contributed by atoms with Crippen molar-refractivity contribution in [2.75, 3.05) is 32.6 Å². The molecular weight excluding hydrogens is 392 g/mol. The lowest BCUT2D eigenvalue weighted by molar-refractivity contribution is -0.111. The number of rotatable bonds is 7. The van der Waals surface area contributed by atoms with Gasteiger partial charge in [-0.2, -0.15) is 4.31 Å². The van der Waals surface area contributed by atoms with Gasteiger partial charge in [-0.05, 0) is 61.4 Å². The van der Waals surface area contributed by atoms with Crippen LogP contribution in [0.2, 0.25) is 0 Å². The summed E-state index contributed by atoms with van der Waals surface area (Å²) in [6, 6.07) is 11.5. The molecule has 0 aromatic heterocycles. The van der Waals surface area contributed by atoms with Crippen molar-refractivity contribution in [1.82, 2.24) is 4.31 Å². The van der Waals surface area contributed by atoms with E-state index in [4.69, 9.17) is 9.47 Å². The molecule has 8 heteroatoms. The van der Waals surface area contributed by atoms with Crippen molar-refractivity contribution >= 4 is 27.7 Å². The van der Waals surface area contributed by atoms with Gasteiger partial charge in [-0.15, -0.1) is 0 Å². The van der Waals surface area contributed by atoms with Gasteiger partial charge < -0.3 is 14.8 Å². The number of nitrogens with zero attached hydrogens (tertiary/aromatic N) is 1. The monoisotopic (exact) mass is 416 g/mol. The van der Waals surface area contributed by atoms with Gasteiger partial charge in [-0.25, -0.2) is 8.42 Å². The largest absolute Gasteiger partial charge is 0.497 e. The Morgan fingerprint density at radius 1 is 1.03 bits per heavy atom. The van der Waals surface area contributed by atoms with Crippen LogP contribution >= 0.6 is 0 Å². The van der Waals surface area contributed by atoms with Crippen molar-refractivity contribution in [1.29, 1.82) is 0 Å². The summed E-state index contributed by atoms with van der Waals surface area (Å²) in [7, 11) is -0.346. The Morgan fingerprint density at radius 3 is 2.34 bits per heavy atom. The normalized spacial score (nSPS) is 14.8. The van der Waals surface area contributed by atoms with Crippen molar-refractivity contribution < 1.29 is 22.7 Å². The second-order valence-corrected chi connectivity index (χ2v) is 8.50. The summed E-state index contributed by atoms with van der Waals surface area (Å²) in [4.78, 5) is 12.5. The molecule has 1 fully saturated rings. The first kappa shape index (κ1) is 20.9. The third kappa shape index (κ3) is 4.96. The van der Waals surface area contributed by atoms with Crippen LogP contribution in [0.4, 0.5) is 5.69 Å². The molecule has 29 heavy (non-hydrogen) atoms. The van der Waals surface area contributed by atoms with E-state index in [-0.39, 0.29) is 10.8 Å². The molecule has 1 aliphatic rings. The van der Waals surface area contributed by atoms with E-state index in [1.165, 1.54) is 22.5 Å². The van der Waals surface area contributed by atoms with Crippen molar-refractivity contribution in [3.05, 3.63) is 54.1 Å². The first-order valence-electron chi connectivity index (χ1n) is 9.25. The summed E-state index contributed by atoms with van der Waals surface area (Å²) < 4.78 is 37.1. The van der Waals surface area contributed by atoms with E-state index in [2.05, 4.69) is 5.32 Å². The van der Waals surface area contributed by atoms with Crippen molar-refractivity contribution in [3.63, 3.8) is 0 Å². The molecule has 154 valence electrons. The number of nitrogens with one attached hydrogen (secondary N) is 1. The predicted octanol–water partition coefficient (Wildman–Crippen LogP) is 3.14. The van der Waals surface area contributed by atoms with E-state index in [0.29, 0.717) is 35.8 Å². The predicted molar refractivity (Wildman–Crippen MR) is 112 cm³/mol. The lowest BCUT2D eigenvalue weighted by Gasteiger charge is -2.15. The Bertz CT molecular complexity index is 994. The standard InChI is InChI=1S/C21H24N2O5S/c1-27-18-8-11-20(28-2)16(15-18)5-12-21(24)22-17-6-9-19(10-7-17)29(25,26)23-13-3-4-14-23/h5-12,15H,3-4,13-14H2,1-2H3,(H,22,24)/b12-5+. The lowest BCUT2D eigenvalue weighted by Crippen LogP contribution is -2.27. The van der Waals surface area contributed by atoms with Gasteiger partial charge in [0.1, 0.15) is 11.5 Å². The van der Waals surface area contributed by atoms with Gasteiger partial charge in [0.2, 0.25) is 15.9 Å². The average molecular weight is 416 g/mol. The number of hydrogen-bond acceptors (Lipinski definition) is 5. The molecule has 0 unspecified atom stereocenters. The summed E-state index contributed by atoms with van der Waals surface area (Å²) in [5.41, 5.74) is 1.21. The molecule has 3 rings (SSSR count). The maximum absolute atomic E-state index is 12.5. The molecule has 1 aliphatic heterocycles. The van der Waals surface area contributed by atoms with Crippen LogP contribution in [0.25, 0.3) is 6.08 Å². The van der Waals surface area contributed by atoms with Gasteiger partial charge in [-0.1, -0.05) is 0 Å². The van der Waals surface area contributed by atoms with Gasteiger partial charge in [0.25, 0.3) is 0 Å². The van der Waals surface area contributed by atoms with Crippen LogP contribution in [0.3, 0.4) is 0 Å². The van der Waals surface area contributed by atoms with E-state index < -0.39 is 10.0 Å². The summed E-state index contributed by atoms with van der Waals surface area (Å²) in [5.74, 6) is 0.928. The Labute approximate surface area is 171 Å². The van der Waals surface area contributed by atoms with Crippen LogP contribution in [0.5, 0.6) is 11.5 Å². The minimum Gasteiger partial charge on any atom is -0.497 e. The minimum absolute atomic E-state index is 0.231. The zero-order valence-electron chi connectivity index (χ0n) is 16.4. The highest BCUT2D eigenvalue weighted by molar-refractivity contribution is 7.89. The molecule has 7 nitrogen and oxygen atoms in total. The molecule has 0 radical (unpaired) electrons. The Balaban J connectivity index is 1.67. The number of methoxy groups -OCH3 is 2. The molecule has 1 heterocycles. The number of sulfonamides is 1. The second kappa shape index (κ2) is 9.11. The summed E-state index contributed by atoms with van der Waals surface area (Å²) in [5, 5.41) is 2.72. The lowest BCUT2D eigenvalue weighted by atomic mass is 10.1.